The van der Waals surface area contributed by atoms with E-state index in [9.17, 15) is 5.11 Å². The highest BCUT2D eigenvalue weighted by Crippen LogP contribution is 2.31. The van der Waals surface area contributed by atoms with Crippen molar-refractivity contribution in [1.82, 2.24) is 4.98 Å². The zero-order valence-corrected chi connectivity index (χ0v) is 18.2. The SMILES string of the molecule is CCOc1cccc(C=Nc2ccc3nc(-c4ccc(C(C)(C)C)cc4)oc3c2)c1O. The van der Waals surface area contributed by atoms with E-state index in [4.69, 9.17) is 9.15 Å². The van der Waals surface area contributed by atoms with Crippen LogP contribution in [-0.4, -0.2) is 22.9 Å². The van der Waals surface area contributed by atoms with Gasteiger partial charge in [0.25, 0.3) is 0 Å². The molecule has 0 saturated carbocycles. The molecule has 158 valence electrons. The van der Waals surface area contributed by atoms with Gasteiger partial charge in [-0.25, -0.2) is 4.98 Å². The Labute approximate surface area is 182 Å². The van der Waals surface area contributed by atoms with Gasteiger partial charge >= 0.3 is 0 Å². The van der Waals surface area contributed by atoms with Crippen molar-refractivity contribution < 1.29 is 14.3 Å². The van der Waals surface area contributed by atoms with Crippen LogP contribution >= 0.6 is 0 Å². The molecule has 0 aliphatic heterocycles. The molecule has 1 heterocycles. The Hall–Kier alpha value is -3.60. The minimum Gasteiger partial charge on any atom is -0.504 e. The minimum atomic E-state index is 0.0785. The Balaban J connectivity index is 1.60. The summed E-state index contributed by atoms with van der Waals surface area (Å²) < 4.78 is 11.4. The van der Waals surface area contributed by atoms with E-state index >= 15 is 0 Å². The highest BCUT2D eigenvalue weighted by Gasteiger charge is 2.15. The number of hydrogen-bond donors (Lipinski definition) is 1. The second kappa shape index (κ2) is 8.26. The predicted octanol–water partition coefficient (Wildman–Crippen LogP) is 6.65. The molecule has 0 atom stereocenters. The Kier molecular flexibility index (Phi) is 5.51. The van der Waals surface area contributed by atoms with E-state index < -0.39 is 0 Å². The Morgan fingerprint density at radius 3 is 2.55 bits per heavy atom. The lowest BCUT2D eigenvalue weighted by molar-refractivity contribution is 0.318. The summed E-state index contributed by atoms with van der Waals surface area (Å²) in [7, 11) is 0. The first-order valence-electron chi connectivity index (χ1n) is 10.4. The summed E-state index contributed by atoms with van der Waals surface area (Å²) >= 11 is 0. The lowest BCUT2D eigenvalue weighted by Crippen LogP contribution is -2.10. The number of ether oxygens (including phenoxy) is 1. The Morgan fingerprint density at radius 2 is 1.84 bits per heavy atom. The quantitative estimate of drug-likeness (QED) is 0.371. The number of aromatic nitrogens is 1. The lowest BCUT2D eigenvalue weighted by Gasteiger charge is -2.18. The second-order valence-electron chi connectivity index (χ2n) is 8.38. The molecule has 0 bridgehead atoms. The largest absolute Gasteiger partial charge is 0.504 e. The van der Waals surface area contributed by atoms with E-state index in [0.29, 0.717) is 35.1 Å². The second-order valence-corrected chi connectivity index (χ2v) is 8.38. The average Bonchev–Trinajstić information content (AvgIpc) is 3.17. The van der Waals surface area contributed by atoms with Gasteiger partial charge in [-0.2, -0.15) is 0 Å². The molecule has 0 fully saturated rings. The number of para-hydroxylation sites is 1. The number of fused-ring (bicyclic) bond motifs is 1. The van der Waals surface area contributed by atoms with E-state index in [-0.39, 0.29) is 11.2 Å². The third-order valence-electron chi connectivity index (χ3n) is 5.05. The molecule has 1 aromatic heterocycles. The summed E-state index contributed by atoms with van der Waals surface area (Å²) in [5, 5.41) is 10.3. The van der Waals surface area contributed by atoms with Crippen LogP contribution in [0.25, 0.3) is 22.6 Å². The van der Waals surface area contributed by atoms with Gasteiger partial charge < -0.3 is 14.3 Å². The van der Waals surface area contributed by atoms with Crippen molar-refractivity contribution >= 4 is 23.0 Å². The van der Waals surface area contributed by atoms with Crippen molar-refractivity contribution in [2.45, 2.75) is 33.1 Å². The number of aliphatic imine (C=N–C) groups is 1. The van der Waals surface area contributed by atoms with Gasteiger partial charge in [0.2, 0.25) is 5.89 Å². The van der Waals surface area contributed by atoms with E-state index in [1.54, 1.807) is 18.3 Å². The Morgan fingerprint density at radius 1 is 1.06 bits per heavy atom. The highest BCUT2D eigenvalue weighted by atomic mass is 16.5. The zero-order valence-electron chi connectivity index (χ0n) is 18.2. The molecule has 0 aliphatic carbocycles. The van der Waals surface area contributed by atoms with Crippen LogP contribution in [-0.2, 0) is 5.41 Å². The van der Waals surface area contributed by atoms with E-state index in [0.717, 1.165) is 11.1 Å². The number of phenolic OH excluding ortho intramolecular Hbond substituents is 1. The molecular weight excluding hydrogens is 388 g/mol. The first-order valence-corrected chi connectivity index (χ1v) is 10.4. The molecule has 0 aliphatic rings. The van der Waals surface area contributed by atoms with Gasteiger partial charge in [-0.3, -0.25) is 4.99 Å². The number of hydrogen-bond acceptors (Lipinski definition) is 5. The monoisotopic (exact) mass is 414 g/mol. The summed E-state index contributed by atoms with van der Waals surface area (Å²) in [4.78, 5) is 9.09. The summed E-state index contributed by atoms with van der Waals surface area (Å²) in [6, 6.07) is 19.2. The number of phenols is 1. The van der Waals surface area contributed by atoms with Crippen molar-refractivity contribution in [1.29, 1.82) is 0 Å². The van der Waals surface area contributed by atoms with Crippen LogP contribution in [0.4, 0.5) is 5.69 Å². The molecule has 0 radical (unpaired) electrons. The molecule has 4 rings (SSSR count). The van der Waals surface area contributed by atoms with Gasteiger partial charge in [0.05, 0.1) is 12.3 Å². The minimum absolute atomic E-state index is 0.0785. The summed E-state index contributed by atoms with van der Waals surface area (Å²) in [6.07, 6.45) is 1.61. The predicted molar refractivity (Wildman–Crippen MR) is 125 cm³/mol. The van der Waals surface area contributed by atoms with E-state index in [2.05, 4.69) is 42.9 Å². The van der Waals surface area contributed by atoms with Crippen LogP contribution in [0.15, 0.2) is 70.1 Å². The molecule has 5 nitrogen and oxygen atoms in total. The number of nitrogens with zero attached hydrogens (tertiary/aromatic N) is 2. The number of oxazole rings is 1. The molecular formula is C26H26N2O3. The standard InChI is InChI=1S/C26H26N2O3/c1-5-30-22-8-6-7-18(24(22)29)16-27-20-13-14-21-23(15-20)31-25(28-21)17-9-11-19(12-10-17)26(2,3)4/h6-16,29H,5H2,1-4H3. The van der Waals surface area contributed by atoms with Gasteiger partial charge in [0, 0.05) is 23.4 Å². The van der Waals surface area contributed by atoms with E-state index in [1.807, 2.05) is 43.3 Å². The summed E-state index contributed by atoms with van der Waals surface area (Å²) in [5.41, 5.74) is 5.03. The smallest absolute Gasteiger partial charge is 0.227 e. The molecule has 3 aromatic carbocycles. The van der Waals surface area contributed by atoms with Gasteiger partial charge in [0.15, 0.2) is 17.1 Å². The summed E-state index contributed by atoms with van der Waals surface area (Å²) in [6.45, 7) is 8.93. The van der Waals surface area contributed by atoms with Crippen molar-refractivity contribution in [3.63, 3.8) is 0 Å². The fourth-order valence-corrected chi connectivity index (χ4v) is 3.29. The first-order chi connectivity index (χ1) is 14.8. The van der Waals surface area contributed by atoms with Crippen molar-refractivity contribution in [3.05, 3.63) is 71.8 Å². The normalized spacial score (nSPS) is 12.0. The maximum atomic E-state index is 10.3. The molecule has 0 amide bonds. The molecule has 0 unspecified atom stereocenters. The molecule has 4 aromatic rings. The topological polar surface area (TPSA) is 67.9 Å². The Bertz CT molecular complexity index is 1230. The van der Waals surface area contributed by atoms with Crippen molar-refractivity contribution in [2.75, 3.05) is 6.61 Å². The van der Waals surface area contributed by atoms with Crippen LogP contribution in [0, 0.1) is 0 Å². The maximum absolute atomic E-state index is 10.3. The molecule has 0 spiro atoms. The lowest BCUT2D eigenvalue weighted by atomic mass is 9.87. The zero-order chi connectivity index (χ0) is 22.0. The summed E-state index contributed by atoms with van der Waals surface area (Å²) in [5.74, 6) is 1.10. The molecule has 1 N–H and O–H groups in total. The molecule has 5 heteroatoms. The van der Waals surface area contributed by atoms with E-state index in [1.165, 1.54) is 5.56 Å². The van der Waals surface area contributed by atoms with Crippen LogP contribution in [0.5, 0.6) is 11.5 Å². The number of rotatable bonds is 5. The van der Waals surface area contributed by atoms with Crippen LogP contribution in [0.2, 0.25) is 0 Å². The van der Waals surface area contributed by atoms with Crippen molar-refractivity contribution in [2.24, 2.45) is 4.99 Å². The van der Waals surface area contributed by atoms with Gasteiger partial charge in [-0.05, 0) is 54.3 Å². The van der Waals surface area contributed by atoms with Crippen LogP contribution < -0.4 is 4.74 Å². The first kappa shape index (κ1) is 20.7. The van der Waals surface area contributed by atoms with Gasteiger partial charge in [-0.1, -0.05) is 39.0 Å². The third kappa shape index (κ3) is 4.45. The molecule has 31 heavy (non-hydrogen) atoms. The van der Waals surface area contributed by atoms with Gasteiger partial charge in [0.1, 0.15) is 5.52 Å². The van der Waals surface area contributed by atoms with Crippen LogP contribution in [0.3, 0.4) is 0 Å². The van der Waals surface area contributed by atoms with Gasteiger partial charge in [-0.15, -0.1) is 0 Å². The average molecular weight is 415 g/mol. The fraction of sp³-hybridized carbons (Fsp3) is 0.231. The molecule has 0 saturated heterocycles. The maximum Gasteiger partial charge on any atom is 0.227 e. The van der Waals surface area contributed by atoms with Crippen LogP contribution in [0.1, 0.15) is 38.8 Å². The highest BCUT2D eigenvalue weighted by molar-refractivity contribution is 5.88. The van der Waals surface area contributed by atoms with Crippen molar-refractivity contribution in [3.8, 4) is 23.0 Å². The third-order valence-corrected chi connectivity index (χ3v) is 5.05. The number of aromatic hydroxyl groups is 1. The number of benzene rings is 3. The fourth-order valence-electron chi connectivity index (χ4n) is 3.29.